The van der Waals surface area contributed by atoms with Gasteiger partial charge < -0.3 is 15.0 Å². The van der Waals surface area contributed by atoms with Gasteiger partial charge in [0.15, 0.2) is 11.6 Å². The minimum Gasteiger partial charge on any atom is -0.370 e. The van der Waals surface area contributed by atoms with Crippen LogP contribution in [0.1, 0.15) is 48.0 Å². The lowest BCUT2D eigenvalue weighted by Crippen LogP contribution is -2.50. The fraction of sp³-hybridized carbons (Fsp3) is 0.429. The molecule has 0 aliphatic carbocycles. The van der Waals surface area contributed by atoms with Crippen LogP contribution in [0.15, 0.2) is 36.7 Å². The quantitative estimate of drug-likeness (QED) is 0.439. The van der Waals surface area contributed by atoms with Crippen LogP contribution < -0.4 is 10.2 Å². The summed E-state index contributed by atoms with van der Waals surface area (Å²) in [7, 11) is 1.74. The highest BCUT2D eigenvalue weighted by Gasteiger charge is 2.32. The number of nitrogens with one attached hydrogen (secondary N) is 1. The molecule has 1 N–H and O–H groups in total. The summed E-state index contributed by atoms with van der Waals surface area (Å²) in [6, 6.07) is 7.43. The number of hydrogen-bond donors (Lipinski definition) is 1. The first-order chi connectivity index (χ1) is 18.5. The Kier molecular flexibility index (Phi) is 5.74. The molecule has 3 saturated heterocycles. The SMILES string of the molecule is Cn1cc2cc(NC(=O)c3ccc(N4CCN5CCC[C@H]5C4)c4cnc([C@H]5CCCO5)nc34)cc(F)c2n1. The molecule has 0 bridgehead atoms. The first-order valence-electron chi connectivity index (χ1n) is 13.4. The lowest BCUT2D eigenvalue weighted by molar-refractivity contribution is 0.102. The third-order valence-corrected chi connectivity index (χ3v) is 8.07. The Balaban J connectivity index is 1.27. The van der Waals surface area contributed by atoms with E-state index in [2.05, 4.69) is 25.2 Å². The molecule has 2 aromatic carbocycles. The van der Waals surface area contributed by atoms with Crippen molar-refractivity contribution in [2.45, 2.75) is 37.8 Å². The molecule has 4 aromatic rings. The van der Waals surface area contributed by atoms with E-state index in [0.29, 0.717) is 40.6 Å². The van der Waals surface area contributed by atoms with Crippen molar-refractivity contribution in [2.75, 3.05) is 43.0 Å². The number of piperazine rings is 1. The fourth-order valence-corrected chi connectivity index (χ4v) is 6.21. The molecule has 3 fully saturated rings. The van der Waals surface area contributed by atoms with Crippen molar-refractivity contribution in [1.82, 2.24) is 24.6 Å². The zero-order chi connectivity index (χ0) is 25.8. The number of carbonyl (C=O) groups is 1. The number of nitrogens with zero attached hydrogens (tertiary/aromatic N) is 6. The van der Waals surface area contributed by atoms with Gasteiger partial charge in [0.05, 0.1) is 11.1 Å². The number of rotatable bonds is 4. The Morgan fingerprint density at radius 2 is 2.05 bits per heavy atom. The van der Waals surface area contributed by atoms with Crippen LogP contribution in [-0.4, -0.2) is 69.4 Å². The van der Waals surface area contributed by atoms with Crippen LogP contribution >= 0.6 is 0 Å². The van der Waals surface area contributed by atoms with Gasteiger partial charge in [-0.25, -0.2) is 14.4 Å². The van der Waals surface area contributed by atoms with E-state index < -0.39 is 5.82 Å². The normalized spacial score (nSPS) is 21.9. The van der Waals surface area contributed by atoms with E-state index in [4.69, 9.17) is 9.72 Å². The minimum absolute atomic E-state index is 0.164. The standard InChI is InChI=1S/C28H30FN7O2/c1-34-15-17-12-18(13-22(29)25(17)33-34)31-28(37)20-6-7-23(36-10-9-35-8-2-4-19(35)16-36)21-14-30-27(32-26(20)21)24-5-3-11-38-24/h6-7,12-15,19,24H,2-5,8-11,16H2,1H3,(H,31,37)/t19-,24+/m0/s1. The maximum absolute atomic E-state index is 14.7. The first kappa shape index (κ1) is 23.5. The molecule has 38 heavy (non-hydrogen) atoms. The molecule has 9 nitrogen and oxygen atoms in total. The number of carbonyl (C=O) groups excluding carboxylic acids is 1. The molecule has 7 rings (SSSR count). The van der Waals surface area contributed by atoms with Crippen LogP contribution in [0.3, 0.4) is 0 Å². The van der Waals surface area contributed by atoms with E-state index >= 15 is 0 Å². The van der Waals surface area contributed by atoms with Crippen molar-refractivity contribution < 1.29 is 13.9 Å². The average molecular weight is 516 g/mol. The summed E-state index contributed by atoms with van der Waals surface area (Å²) in [6.45, 7) is 4.78. The molecule has 0 saturated carbocycles. The highest BCUT2D eigenvalue weighted by molar-refractivity contribution is 6.14. The van der Waals surface area contributed by atoms with Crippen molar-refractivity contribution in [3.63, 3.8) is 0 Å². The Morgan fingerprint density at radius 1 is 1.13 bits per heavy atom. The third-order valence-electron chi connectivity index (χ3n) is 8.07. The van der Waals surface area contributed by atoms with Gasteiger partial charge in [0.25, 0.3) is 5.91 Å². The van der Waals surface area contributed by atoms with Crippen molar-refractivity contribution >= 4 is 39.1 Å². The van der Waals surface area contributed by atoms with Gasteiger partial charge in [0.1, 0.15) is 11.6 Å². The van der Waals surface area contributed by atoms with E-state index in [9.17, 15) is 9.18 Å². The molecule has 0 unspecified atom stereocenters. The fourth-order valence-electron chi connectivity index (χ4n) is 6.21. The summed E-state index contributed by atoms with van der Waals surface area (Å²) in [6.07, 6.45) is 7.69. The second-order valence-corrected chi connectivity index (χ2v) is 10.6. The predicted molar refractivity (Wildman–Crippen MR) is 143 cm³/mol. The van der Waals surface area contributed by atoms with E-state index in [0.717, 1.165) is 43.5 Å². The summed E-state index contributed by atoms with van der Waals surface area (Å²) in [5.74, 6) is -0.223. The summed E-state index contributed by atoms with van der Waals surface area (Å²) < 4.78 is 22.1. The molecule has 0 radical (unpaired) electrons. The van der Waals surface area contributed by atoms with Gasteiger partial charge in [0, 0.05) is 73.9 Å². The molecule has 3 aliphatic rings. The number of amides is 1. The van der Waals surface area contributed by atoms with Gasteiger partial charge in [-0.1, -0.05) is 0 Å². The average Bonchev–Trinajstić information content (AvgIpc) is 3.68. The van der Waals surface area contributed by atoms with E-state index in [1.165, 1.54) is 25.5 Å². The number of aromatic nitrogens is 4. The molecule has 5 heterocycles. The molecule has 10 heteroatoms. The molecule has 3 aliphatic heterocycles. The number of fused-ring (bicyclic) bond motifs is 3. The lowest BCUT2D eigenvalue weighted by Gasteiger charge is -2.39. The lowest BCUT2D eigenvalue weighted by atomic mass is 10.0. The van der Waals surface area contributed by atoms with Gasteiger partial charge >= 0.3 is 0 Å². The second-order valence-electron chi connectivity index (χ2n) is 10.6. The molecular weight excluding hydrogens is 485 g/mol. The van der Waals surface area contributed by atoms with Crippen molar-refractivity contribution in [1.29, 1.82) is 0 Å². The molecule has 2 aromatic heterocycles. The van der Waals surface area contributed by atoms with Crippen LogP contribution in [0.2, 0.25) is 0 Å². The summed E-state index contributed by atoms with van der Waals surface area (Å²) in [5, 5.41) is 8.50. The number of hydrogen-bond acceptors (Lipinski definition) is 7. The number of halogens is 1. The number of benzene rings is 2. The van der Waals surface area contributed by atoms with Gasteiger partial charge in [0.2, 0.25) is 0 Å². The minimum atomic E-state index is -0.479. The van der Waals surface area contributed by atoms with Gasteiger partial charge in [-0.05, 0) is 56.5 Å². The van der Waals surface area contributed by atoms with Crippen molar-refractivity contribution in [3.8, 4) is 0 Å². The van der Waals surface area contributed by atoms with Crippen LogP contribution in [0.4, 0.5) is 15.8 Å². The zero-order valence-corrected chi connectivity index (χ0v) is 21.4. The topological polar surface area (TPSA) is 88.4 Å². The Hall–Kier alpha value is -3.63. The van der Waals surface area contributed by atoms with Gasteiger partial charge in [-0.15, -0.1) is 0 Å². The van der Waals surface area contributed by atoms with Crippen LogP contribution in [0.25, 0.3) is 21.8 Å². The highest BCUT2D eigenvalue weighted by atomic mass is 19.1. The van der Waals surface area contributed by atoms with E-state index in [1.54, 1.807) is 24.0 Å². The number of anilines is 2. The predicted octanol–water partition coefficient (Wildman–Crippen LogP) is 4.04. The number of ether oxygens (including phenoxy) is 1. The van der Waals surface area contributed by atoms with Crippen molar-refractivity contribution in [3.05, 3.63) is 53.9 Å². The van der Waals surface area contributed by atoms with Crippen LogP contribution in [0, 0.1) is 5.82 Å². The maximum Gasteiger partial charge on any atom is 0.257 e. The molecule has 2 atom stereocenters. The Labute approximate surface area is 219 Å². The number of aryl methyl sites for hydroxylation is 1. The molecule has 0 spiro atoms. The summed E-state index contributed by atoms with van der Waals surface area (Å²) >= 11 is 0. The smallest absolute Gasteiger partial charge is 0.257 e. The van der Waals surface area contributed by atoms with E-state index in [-0.39, 0.29) is 17.5 Å². The molecular formula is C28H30FN7O2. The van der Waals surface area contributed by atoms with E-state index in [1.807, 2.05) is 18.3 Å². The van der Waals surface area contributed by atoms with Gasteiger partial charge in [-0.2, -0.15) is 5.10 Å². The second kappa shape index (κ2) is 9.28. The van der Waals surface area contributed by atoms with Crippen LogP contribution in [-0.2, 0) is 11.8 Å². The third kappa shape index (κ3) is 4.08. The monoisotopic (exact) mass is 515 g/mol. The van der Waals surface area contributed by atoms with Crippen LogP contribution in [0.5, 0.6) is 0 Å². The Bertz CT molecular complexity index is 1550. The maximum atomic E-state index is 14.7. The zero-order valence-electron chi connectivity index (χ0n) is 21.4. The summed E-state index contributed by atoms with van der Waals surface area (Å²) in [4.78, 5) is 28.1. The van der Waals surface area contributed by atoms with Crippen molar-refractivity contribution in [2.24, 2.45) is 7.05 Å². The molecule has 1 amide bonds. The largest absolute Gasteiger partial charge is 0.370 e. The molecule has 196 valence electrons. The van der Waals surface area contributed by atoms with Gasteiger partial charge in [-0.3, -0.25) is 14.4 Å². The Morgan fingerprint density at radius 3 is 2.92 bits per heavy atom. The summed E-state index contributed by atoms with van der Waals surface area (Å²) in [5.41, 5.74) is 2.71. The first-order valence-corrected chi connectivity index (χ1v) is 13.4. The highest BCUT2D eigenvalue weighted by Crippen LogP contribution is 2.34.